The molecule has 2 aliphatic rings. The molecule has 0 bridgehead atoms. The lowest BCUT2D eigenvalue weighted by molar-refractivity contribution is -0.121. The van der Waals surface area contributed by atoms with E-state index in [1.165, 1.54) is 18.4 Å². The second-order valence-corrected chi connectivity index (χ2v) is 6.20. The largest absolute Gasteiger partial charge is 0.308 e. The van der Waals surface area contributed by atoms with Crippen molar-refractivity contribution in [2.24, 2.45) is 5.92 Å². The molecule has 0 radical (unpaired) electrons. The first-order valence-electron chi connectivity index (χ1n) is 7.85. The Morgan fingerprint density at radius 1 is 1.40 bits per heavy atom. The topological polar surface area (TPSA) is 32.3 Å². The van der Waals surface area contributed by atoms with Crippen LogP contribution >= 0.6 is 0 Å². The predicted octanol–water partition coefficient (Wildman–Crippen LogP) is 2.74. The van der Waals surface area contributed by atoms with E-state index in [9.17, 15) is 4.79 Å². The maximum Gasteiger partial charge on any atom is 0.244 e. The lowest BCUT2D eigenvalue weighted by Crippen LogP contribution is -2.52. The van der Waals surface area contributed by atoms with E-state index in [4.69, 9.17) is 0 Å². The van der Waals surface area contributed by atoms with E-state index >= 15 is 0 Å². The lowest BCUT2D eigenvalue weighted by Gasteiger charge is -2.33. The number of fused-ring (bicyclic) bond motifs is 1. The molecule has 1 saturated heterocycles. The number of piperidine rings is 1. The van der Waals surface area contributed by atoms with E-state index in [2.05, 4.69) is 37.4 Å². The van der Waals surface area contributed by atoms with E-state index in [0.29, 0.717) is 5.92 Å². The fourth-order valence-corrected chi connectivity index (χ4v) is 3.62. The van der Waals surface area contributed by atoms with E-state index < -0.39 is 0 Å². The van der Waals surface area contributed by atoms with Crippen LogP contribution in [0.4, 0.5) is 5.69 Å². The molecule has 108 valence electrons. The summed E-state index contributed by atoms with van der Waals surface area (Å²) in [4.78, 5) is 14.9. The van der Waals surface area contributed by atoms with Gasteiger partial charge in [0.05, 0.1) is 6.04 Å². The van der Waals surface area contributed by atoms with Crippen molar-refractivity contribution in [3.63, 3.8) is 0 Å². The van der Waals surface area contributed by atoms with Gasteiger partial charge in [0.2, 0.25) is 5.91 Å². The van der Waals surface area contributed by atoms with Gasteiger partial charge in [-0.1, -0.05) is 31.5 Å². The molecule has 3 atom stereocenters. The number of carbonyl (C=O) groups excluding carboxylic acids is 1. The minimum absolute atomic E-state index is 0.00214. The van der Waals surface area contributed by atoms with Crippen LogP contribution in [-0.2, 0) is 11.2 Å². The van der Waals surface area contributed by atoms with Crippen molar-refractivity contribution >= 4 is 11.6 Å². The molecular formula is C17H24N2O. The highest BCUT2D eigenvalue weighted by molar-refractivity contribution is 5.99. The number of para-hydroxylation sites is 1. The third-order valence-electron chi connectivity index (χ3n) is 4.83. The Bertz CT molecular complexity index is 500. The molecule has 3 rings (SSSR count). The van der Waals surface area contributed by atoms with Crippen LogP contribution in [0.1, 0.15) is 38.7 Å². The van der Waals surface area contributed by atoms with Crippen molar-refractivity contribution in [2.45, 2.75) is 51.6 Å². The molecule has 20 heavy (non-hydrogen) atoms. The number of nitrogens with zero attached hydrogens (tertiary/aromatic N) is 1. The molecule has 1 fully saturated rings. The summed E-state index contributed by atoms with van der Waals surface area (Å²) in [5.41, 5.74) is 2.42. The molecule has 1 aromatic rings. The van der Waals surface area contributed by atoms with Gasteiger partial charge < -0.3 is 10.2 Å². The summed E-state index contributed by atoms with van der Waals surface area (Å²) in [5, 5.41) is 3.42. The van der Waals surface area contributed by atoms with Gasteiger partial charge in [-0.15, -0.1) is 0 Å². The highest BCUT2D eigenvalue weighted by Gasteiger charge is 2.36. The second kappa shape index (κ2) is 5.57. The smallest absolute Gasteiger partial charge is 0.244 e. The number of nitrogens with one attached hydrogen (secondary N) is 1. The Morgan fingerprint density at radius 3 is 3.00 bits per heavy atom. The normalized spacial score (nSPS) is 29.3. The van der Waals surface area contributed by atoms with Gasteiger partial charge in [0, 0.05) is 11.7 Å². The summed E-state index contributed by atoms with van der Waals surface area (Å²) in [6.07, 6.45) is 4.34. The van der Waals surface area contributed by atoms with Gasteiger partial charge in [0.15, 0.2) is 0 Å². The minimum Gasteiger partial charge on any atom is -0.308 e. The van der Waals surface area contributed by atoms with Crippen molar-refractivity contribution in [3.8, 4) is 0 Å². The second-order valence-electron chi connectivity index (χ2n) is 6.20. The average molecular weight is 272 g/mol. The standard InChI is InChI=1S/C17H24N2O/c1-3-13-8-9-18-15(11-13)17(20)19-12(2)10-14-6-4-5-7-16(14)19/h4-7,12-13,15,18H,3,8-11H2,1-2H3. The lowest BCUT2D eigenvalue weighted by atomic mass is 9.89. The molecule has 0 spiro atoms. The Kier molecular flexibility index (Phi) is 3.79. The van der Waals surface area contributed by atoms with Gasteiger partial charge in [-0.05, 0) is 50.3 Å². The van der Waals surface area contributed by atoms with Crippen molar-refractivity contribution in [1.29, 1.82) is 0 Å². The molecule has 2 aliphatic heterocycles. The van der Waals surface area contributed by atoms with E-state index in [1.54, 1.807) is 0 Å². The predicted molar refractivity (Wildman–Crippen MR) is 81.9 cm³/mol. The summed E-state index contributed by atoms with van der Waals surface area (Å²) < 4.78 is 0. The number of anilines is 1. The van der Waals surface area contributed by atoms with Gasteiger partial charge in [-0.2, -0.15) is 0 Å². The van der Waals surface area contributed by atoms with Crippen LogP contribution in [0.5, 0.6) is 0 Å². The molecule has 1 N–H and O–H groups in total. The highest BCUT2D eigenvalue weighted by Crippen LogP contribution is 2.33. The van der Waals surface area contributed by atoms with Crippen LogP contribution in [0.15, 0.2) is 24.3 Å². The fourth-order valence-electron chi connectivity index (χ4n) is 3.62. The summed E-state index contributed by atoms with van der Waals surface area (Å²) in [7, 11) is 0. The molecule has 0 aromatic heterocycles. The molecular weight excluding hydrogens is 248 g/mol. The molecule has 0 saturated carbocycles. The van der Waals surface area contributed by atoms with Crippen LogP contribution in [0.25, 0.3) is 0 Å². The third kappa shape index (κ3) is 2.35. The molecule has 3 heteroatoms. The summed E-state index contributed by atoms with van der Waals surface area (Å²) >= 11 is 0. The van der Waals surface area contributed by atoms with Crippen LogP contribution in [0.3, 0.4) is 0 Å². The zero-order valence-electron chi connectivity index (χ0n) is 12.4. The van der Waals surface area contributed by atoms with Crippen LogP contribution in [0.2, 0.25) is 0 Å². The van der Waals surface area contributed by atoms with Crippen LogP contribution in [-0.4, -0.2) is 24.5 Å². The van der Waals surface area contributed by atoms with Gasteiger partial charge in [0.25, 0.3) is 0 Å². The highest BCUT2D eigenvalue weighted by atomic mass is 16.2. The van der Waals surface area contributed by atoms with Gasteiger partial charge in [0.1, 0.15) is 0 Å². The Labute approximate surface area is 121 Å². The number of rotatable bonds is 2. The molecule has 0 aliphatic carbocycles. The fraction of sp³-hybridized carbons (Fsp3) is 0.588. The van der Waals surface area contributed by atoms with E-state index in [-0.39, 0.29) is 18.0 Å². The minimum atomic E-state index is 0.00214. The quantitative estimate of drug-likeness (QED) is 0.898. The number of amides is 1. The van der Waals surface area contributed by atoms with Crippen molar-refractivity contribution < 1.29 is 4.79 Å². The first-order valence-corrected chi connectivity index (χ1v) is 7.85. The zero-order chi connectivity index (χ0) is 14.1. The molecule has 3 nitrogen and oxygen atoms in total. The SMILES string of the molecule is CCC1CCNC(C(=O)N2c3ccccc3CC2C)C1. The maximum absolute atomic E-state index is 12.9. The Balaban J connectivity index is 1.80. The number of hydrogen-bond acceptors (Lipinski definition) is 2. The summed E-state index contributed by atoms with van der Waals surface area (Å²) in [5.74, 6) is 0.957. The van der Waals surface area contributed by atoms with Gasteiger partial charge >= 0.3 is 0 Å². The molecule has 1 aromatic carbocycles. The monoisotopic (exact) mass is 272 g/mol. The number of carbonyl (C=O) groups is 1. The third-order valence-corrected chi connectivity index (χ3v) is 4.83. The number of hydrogen-bond donors (Lipinski definition) is 1. The summed E-state index contributed by atoms with van der Waals surface area (Å²) in [6, 6.07) is 8.59. The molecule has 3 unspecified atom stereocenters. The van der Waals surface area contributed by atoms with Gasteiger partial charge in [-0.25, -0.2) is 0 Å². The number of benzene rings is 1. The first kappa shape index (κ1) is 13.6. The first-order chi connectivity index (χ1) is 9.70. The van der Waals surface area contributed by atoms with E-state index in [0.717, 1.165) is 25.1 Å². The Morgan fingerprint density at radius 2 is 2.20 bits per heavy atom. The van der Waals surface area contributed by atoms with Gasteiger partial charge in [-0.3, -0.25) is 4.79 Å². The van der Waals surface area contributed by atoms with E-state index in [1.807, 2.05) is 11.0 Å². The zero-order valence-corrected chi connectivity index (χ0v) is 12.4. The Hall–Kier alpha value is -1.35. The summed E-state index contributed by atoms with van der Waals surface area (Å²) in [6.45, 7) is 5.35. The molecule has 1 amide bonds. The van der Waals surface area contributed by atoms with Crippen molar-refractivity contribution in [2.75, 3.05) is 11.4 Å². The van der Waals surface area contributed by atoms with Crippen LogP contribution < -0.4 is 10.2 Å². The van der Waals surface area contributed by atoms with Crippen molar-refractivity contribution in [1.82, 2.24) is 5.32 Å². The average Bonchev–Trinajstić information content (AvgIpc) is 2.82. The maximum atomic E-state index is 12.9. The van der Waals surface area contributed by atoms with Crippen molar-refractivity contribution in [3.05, 3.63) is 29.8 Å². The van der Waals surface area contributed by atoms with Crippen LogP contribution in [0, 0.1) is 5.92 Å². The molecule has 2 heterocycles.